The summed E-state index contributed by atoms with van der Waals surface area (Å²) in [6, 6.07) is 10.7. The number of ether oxygens (including phenoxy) is 1. The standard InChI is InChI=1S/C18H12ClN7O3S/c19-16-14(2-1-7-20-16)29-18-15(26(27)28)17(22-10-23-18)21-8-11-3-5-12(6-4-11)13-9-30-25-24-13/h1-7,9-10H,8H2,(H,21,22,23). The van der Waals surface area contributed by atoms with Crippen LogP contribution >= 0.6 is 23.1 Å². The molecule has 30 heavy (non-hydrogen) atoms. The lowest BCUT2D eigenvalue weighted by molar-refractivity contribution is -0.385. The fourth-order valence-electron chi connectivity index (χ4n) is 2.55. The number of nitrogens with zero attached hydrogens (tertiary/aromatic N) is 6. The Bertz CT molecular complexity index is 1170. The van der Waals surface area contributed by atoms with Crippen LogP contribution in [0.15, 0.2) is 54.3 Å². The molecule has 12 heteroatoms. The van der Waals surface area contributed by atoms with Gasteiger partial charge >= 0.3 is 11.6 Å². The molecular weight excluding hydrogens is 430 g/mol. The largest absolute Gasteiger partial charge is 0.430 e. The first kappa shape index (κ1) is 19.6. The first-order valence-electron chi connectivity index (χ1n) is 8.50. The third kappa shape index (κ3) is 4.31. The number of pyridine rings is 1. The van der Waals surface area contributed by atoms with Gasteiger partial charge in [-0.25, -0.2) is 9.97 Å². The molecule has 0 saturated carbocycles. The molecule has 0 spiro atoms. The number of nitro groups is 1. The number of rotatable bonds is 7. The van der Waals surface area contributed by atoms with Gasteiger partial charge in [0.25, 0.3) is 0 Å². The number of hydrogen-bond acceptors (Lipinski definition) is 10. The van der Waals surface area contributed by atoms with Crippen LogP contribution in [0, 0.1) is 10.1 Å². The second-order valence-electron chi connectivity index (χ2n) is 5.87. The van der Waals surface area contributed by atoms with Crippen LogP contribution in [0.1, 0.15) is 5.56 Å². The zero-order valence-corrected chi connectivity index (χ0v) is 16.7. The normalized spacial score (nSPS) is 10.6. The van der Waals surface area contributed by atoms with Crippen molar-refractivity contribution in [3.63, 3.8) is 0 Å². The molecule has 0 amide bonds. The maximum absolute atomic E-state index is 11.7. The first-order chi connectivity index (χ1) is 14.6. The summed E-state index contributed by atoms with van der Waals surface area (Å²) in [5, 5.41) is 20.6. The summed E-state index contributed by atoms with van der Waals surface area (Å²) in [6.07, 6.45) is 2.65. The molecule has 0 bridgehead atoms. The van der Waals surface area contributed by atoms with Crippen molar-refractivity contribution in [2.75, 3.05) is 5.32 Å². The minimum absolute atomic E-state index is 0.0257. The van der Waals surface area contributed by atoms with Gasteiger partial charge < -0.3 is 10.1 Å². The van der Waals surface area contributed by atoms with Gasteiger partial charge in [-0.05, 0) is 29.2 Å². The molecule has 0 atom stereocenters. The number of benzene rings is 1. The van der Waals surface area contributed by atoms with E-state index in [1.54, 1.807) is 6.07 Å². The van der Waals surface area contributed by atoms with E-state index in [1.165, 1.54) is 30.1 Å². The van der Waals surface area contributed by atoms with Crippen molar-refractivity contribution in [1.82, 2.24) is 24.5 Å². The molecule has 0 aliphatic carbocycles. The molecule has 0 saturated heterocycles. The van der Waals surface area contributed by atoms with Crippen LogP contribution in [-0.2, 0) is 6.54 Å². The van der Waals surface area contributed by atoms with E-state index in [0.717, 1.165) is 16.8 Å². The average Bonchev–Trinajstić information content (AvgIpc) is 3.29. The first-order valence-corrected chi connectivity index (χ1v) is 9.71. The minimum atomic E-state index is -0.611. The van der Waals surface area contributed by atoms with Gasteiger partial charge in [-0.1, -0.05) is 40.4 Å². The number of aromatic nitrogens is 5. The molecule has 1 aromatic carbocycles. The van der Waals surface area contributed by atoms with Gasteiger partial charge in [0, 0.05) is 23.7 Å². The highest BCUT2D eigenvalue weighted by molar-refractivity contribution is 7.03. The Hall–Kier alpha value is -3.70. The van der Waals surface area contributed by atoms with E-state index >= 15 is 0 Å². The summed E-state index contributed by atoms with van der Waals surface area (Å²) < 4.78 is 9.36. The molecule has 10 nitrogen and oxygen atoms in total. The monoisotopic (exact) mass is 441 g/mol. The van der Waals surface area contributed by atoms with E-state index in [2.05, 4.69) is 29.9 Å². The van der Waals surface area contributed by atoms with Crippen LogP contribution in [0.2, 0.25) is 5.15 Å². The van der Waals surface area contributed by atoms with Crippen molar-refractivity contribution in [3.05, 3.63) is 75.1 Å². The third-order valence-electron chi connectivity index (χ3n) is 3.97. The van der Waals surface area contributed by atoms with Crippen molar-refractivity contribution >= 4 is 34.6 Å². The second-order valence-corrected chi connectivity index (χ2v) is 6.84. The van der Waals surface area contributed by atoms with Crippen molar-refractivity contribution in [2.45, 2.75) is 6.54 Å². The summed E-state index contributed by atoms with van der Waals surface area (Å²) in [4.78, 5) is 22.8. The topological polar surface area (TPSA) is 129 Å². The molecule has 3 aromatic heterocycles. The Kier molecular flexibility index (Phi) is 5.72. The predicted molar refractivity (Wildman–Crippen MR) is 111 cm³/mol. The zero-order chi connectivity index (χ0) is 20.9. The predicted octanol–water partition coefficient (Wildman–Crippen LogP) is 4.36. The second kappa shape index (κ2) is 8.76. The molecule has 1 N–H and O–H groups in total. The van der Waals surface area contributed by atoms with Crippen molar-refractivity contribution in [2.24, 2.45) is 0 Å². The van der Waals surface area contributed by atoms with E-state index in [4.69, 9.17) is 16.3 Å². The van der Waals surface area contributed by atoms with Crippen LogP contribution in [0.5, 0.6) is 11.6 Å². The zero-order valence-electron chi connectivity index (χ0n) is 15.1. The molecule has 4 rings (SSSR count). The Morgan fingerprint density at radius 2 is 2.00 bits per heavy atom. The summed E-state index contributed by atoms with van der Waals surface area (Å²) in [5.74, 6) is -0.0596. The number of nitrogens with one attached hydrogen (secondary N) is 1. The van der Waals surface area contributed by atoms with Crippen LogP contribution in [0.4, 0.5) is 11.5 Å². The summed E-state index contributed by atoms with van der Waals surface area (Å²) >= 11 is 7.24. The molecule has 4 aromatic rings. The highest BCUT2D eigenvalue weighted by Gasteiger charge is 2.25. The molecule has 0 fully saturated rings. The summed E-state index contributed by atoms with van der Waals surface area (Å²) in [5.41, 5.74) is 2.22. The maximum atomic E-state index is 11.7. The van der Waals surface area contributed by atoms with Gasteiger partial charge in [0.05, 0.1) is 4.92 Å². The summed E-state index contributed by atoms with van der Waals surface area (Å²) in [6.45, 7) is 0.306. The molecule has 150 valence electrons. The van der Waals surface area contributed by atoms with Gasteiger partial charge in [0.15, 0.2) is 10.9 Å². The Balaban J connectivity index is 1.54. The minimum Gasteiger partial charge on any atom is -0.430 e. The van der Waals surface area contributed by atoms with Gasteiger partial charge in [-0.2, -0.15) is 4.98 Å². The lowest BCUT2D eigenvalue weighted by Gasteiger charge is -2.10. The molecule has 0 radical (unpaired) electrons. The average molecular weight is 442 g/mol. The maximum Gasteiger partial charge on any atom is 0.373 e. The number of anilines is 1. The lowest BCUT2D eigenvalue weighted by atomic mass is 10.1. The molecule has 0 aliphatic rings. The van der Waals surface area contributed by atoms with E-state index < -0.39 is 10.6 Å². The lowest BCUT2D eigenvalue weighted by Crippen LogP contribution is -2.07. The van der Waals surface area contributed by atoms with Crippen LogP contribution in [0.25, 0.3) is 11.3 Å². The quantitative estimate of drug-likeness (QED) is 0.252. The van der Waals surface area contributed by atoms with Crippen molar-refractivity contribution < 1.29 is 9.66 Å². The molecule has 0 aliphatic heterocycles. The third-order valence-corrected chi connectivity index (χ3v) is 4.76. The molecule has 3 heterocycles. The SMILES string of the molecule is O=[N+]([O-])c1c(NCc2ccc(-c3csnn3)cc2)ncnc1Oc1cccnc1Cl. The summed E-state index contributed by atoms with van der Waals surface area (Å²) in [7, 11) is 0. The highest BCUT2D eigenvalue weighted by atomic mass is 35.5. The molecular formula is C18H12ClN7O3S. The highest BCUT2D eigenvalue weighted by Crippen LogP contribution is 2.36. The number of halogens is 1. The Labute approximate surface area is 178 Å². The van der Waals surface area contributed by atoms with Crippen LogP contribution in [0.3, 0.4) is 0 Å². The fraction of sp³-hybridized carbons (Fsp3) is 0.0556. The van der Waals surface area contributed by atoms with Crippen LogP contribution in [-0.4, -0.2) is 29.5 Å². The Morgan fingerprint density at radius 1 is 1.17 bits per heavy atom. The molecule has 0 unspecified atom stereocenters. The van der Waals surface area contributed by atoms with E-state index in [0.29, 0.717) is 6.54 Å². The van der Waals surface area contributed by atoms with Crippen molar-refractivity contribution in [3.8, 4) is 22.9 Å². The fourth-order valence-corrected chi connectivity index (χ4v) is 3.18. The van der Waals surface area contributed by atoms with Crippen LogP contribution < -0.4 is 10.1 Å². The van der Waals surface area contributed by atoms with E-state index in [1.807, 2.05) is 29.6 Å². The van der Waals surface area contributed by atoms with E-state index in [-0.39, 0.29) is 22.6 Å². The van der Waals surface area contributed by atoms with Gasteiger partial charge in [-0.3, -0.25) is 10.1 Å². The van der Waals surface area contributed by atoms with Gasteiger partial charge in [0.2, 0.25) is 5.82 Å². The Morgan fingerprint density at radius 3 is 2.70 bits per heavy atom. The van der Waals surface area contributed by atoms with E-state index in [9.17, 15) is 10.1 Å². The van der Waals surface area contributed by atoms with Gasteiger partial charge in [0.1, 0.15) is 12.0 Å². The van der Waals surface area contributed by atoms with Gasteiger partial charge in [-0.15, -0.1) is 5.10 Å². The smallest absolute Gasteiger partial charge is 0.373 e. The number of hydrogen-bond donors (Lipinski definition) is 1. The van der Waals surface area contributed by atoms with Crippen molar-refractivity contribution in [1.29, 1.82) is 0 Å².